The summed E-state index contributed by atoms with van der Waals surface area (Å²) in [6.45, 7) is 0.420. The lowest BCUT2D eigenvalue weighted by Gasteiger charge is -2.05. The number of nitrogens with one attached hydrogen (secondary N) is 1. The molecule has 0 unspecified atom stereocenters. The third kappa shape index (κ3) is 3.65. The number of aryl methyl sites for hydroxylation is 1. The van der Waals surface area contributed by atoms with Crippen LogP contribution in [0, 0.1) is 0 Å². The van der Waals surface area contributed by atoms with Crippen molar-refractivity contribution in [2.75, 3.05) is 7.11 Å². The number of methoxy groups -OCH3 is 1. The van der Waals surface area contributed by atoms with E-state index >= 15 is 0 Å². The number of carbonyl (C=O) groups is 2. The Morgan fingerprint density at radius 2 is 2.12 bits per heavy atom. The molecule has 1 amide bonds. The molecule has 0 aliphatic heterocycles. The van der Waals surface area contributed by atoms with Crippen LogP contribution in [0.1, 0.15) is 21.7 Å². The maximum absolute atomic E-state index is 12.2. The molecule has 25 heavy (non-hydrogen) atoms. The highest BCUT2D eigenvalue weighted by Gasteiger charge is 2.14. The quantitative estimate of drug-likeness (QED) is 0.714. The number of esters is 1. The standard InChI is InChI=1S/C18H18N4O3/c1-22-15-6-5-13(18(24)25-2)8-14(15)21-16(22)9-17(23)20-11-12-4-3-7-19-10-12/h3-8,10H,9,11H2,1-2H3,(H,20,23). The molecule has 128 valence electrons. The molecule has 1 aromatic carbocycles. The summed E-state index contributed by atoms with van der Waals surface area (Å²) < 4.78 is 6.57. The summed E-state index contributed by atoms with van der Waals surface area (Å²) in [7, 11) is 3.18. The molecule has 0 fully saturated rings. The van der Waals surface area contributed by atoms with E-state index in [-0.39, 0.29) is 12.3 Å². The summed E-state index contributed by atoms with van der Waals surface area (Å²) >= 11 is 0. The largest absolute Gasteiger partial charge is 0.465 e. The Hall–Kier alpha value is -3.22. The summed E-state index contributed by atoms with van der Waals surface area (Å²) in [4.78, 5) is 32.3. The zero-order valence-electron chi connectivity index (χ0n) is 14.0. The van der Waals surface area contributed by atoms with E-state index in [2.05, 4.69) is 15.3 Å². The van der Waals surface area contributed by atoms with Gasteiger partial charge in [-0.1, -0.05) is 6.07 Å². The second-order valence-electron chi connectivity index (χ2n) is 5.60. The van der Waals surface area contributed by atoms with Crippen LogP contribution in [0.15, 0.2) is 42.7 Å². The highest BCUT2D eigenvalue weighted by molar-refractivity contribution is 5.93. The first-order valence-electron chi connectivity index (χ1n) is 7.77. The van der Waals surface area contributed by atoms with Gasteiger partial charge in [0.05, 0.1) is 30.1 Å². The summed E-state index contributed by atoms with van der Waals surface area (Å²) in [6.07, 6.45) is 3.55. The molecule has 0 saturated heterocycles. The van der Waals surface area contributed by atoms with Gasteiger partial charge in [0.2, 0.25) is 5.91 Å². The molecular formula is C18H18N4O3. The van der Waals surface area contributed by atoms with Gasteiger partial charge in [0.1, 0.15) is 5.82 Å². The Labute approximate surface area is 144 Å². The monoisotopic (exact) mass is 338 g/mol. The van der Waals surface area contributed by atoms with Crippen LogP contribution >= 0.6 is 0 Å². The van der Waals surface area contributed by atoms with Crippen LogP contribution < -0.4 is 5.32 Å². The van der Waals surface area contributed by atoms with Gasteiger partial charge < -0.3 is 14.6 Å². The predicted octanol–water partition coefficient (Wildman–Crippen LogP) is 1.61. The highest BCUT2D eigenvalue weighted by Crippen LogP contribution is 2.17. The number of hydrogen-bond acceptors (Lipinski definition) is 5. The number of benzene rings is 1. The lowest BCUT2D eigenvalue weighted by Crippen LogP contribution is -2.25. The summed E-state index contributed by atoms with van der Waals surface area (Å²) in [5.74, 6) is 0.0828. The zero-order valence-corrected chi connectivity index (χ0v) is 14.0. The number of nitrogens with zero attached hydrogens (tertiary/aromatic N) is 3. The molecule has 1 N–H and O–H groups in total. The Bertz CT molecular complexity index is 919. The van der Waals surface area contributed by atoms with Crippen LogP contribution in [0.4, 0.5) is 0 Å². The van der Waals surface area contributed by atoms with E-state index in [0.717, 1.165) is 11.1 Å². The number of fused-ring (bicyclic) bond motifs is 1. The van der Waals surface area contributed by atoms with Gasteiger partial charge in [-0.15, -0.1) is 0 Å². The van der Waals surface area contributed by atoms with E-state index in [9.17, 15) is 9.59 Å². The van der Waals surface area contributed by atoms with Crippen molar-refractivity contribution in [3.63, 3.8) is 0 Å². The number of imidazole rings is 1. The zero-order chi connectivity index (χ0) is 17.8. The fraction of sp³-hybridized carbons (Fsp3) is 0.222. The van der Waals surface area contributed by atoms with Crippen LogP contribution in [-0.2, 0) is 29.5 Å². The molecule has 7 nitrogen and oxygen atoms in total. The van der Waals surface area contributed by atoms with Crippen molar-refractivity contribution < 1.29 is 14.3 Å². The second kappa shape index (κ2) is 7.12. The highest BCUT2D eigenvalue weighted by atomic mass is 16.5. The normalized spacial score (nSPS) is 10.6. The summed E-state index contributed by atoms with van der Waals surface area (Å²) in [5, 5.41) is 2.85. The number of rotatable bonds is 5. The predicted molar refractivity (Wildman–Crippen MR) is 91.8 cm³/mol. The summed E-state index contributed by atoms with van der Waals surface area (Å²) in [6, 6.07) is 8.87. The van der Waals surface area contributed by atoms with E-state index in [4.69, 9.17) is 4.74 Å². The minimum absolute atomic E-state index is 0.129. The average molecular weight is 338 g/mol. The van der Waals surface area contributed by atoms with Crippen LogP contribution in [-0.4, -0.2) is 33.5 Å². The van der Waals surface area contributed by atoms with E-state index in [0.29, 0.717) is 23.4 Å². The Balaban J connectivity index is 1.73. The summed E-state index contributed by atoms with van der Waals surface area (Å²) in [5.41, 5.74) is 2.87. The Morgan fingerprint density at radius 1 is 1.28 bits per heavy atom. The molecule has 0 atom stereocenters. The van der Waals surface area contributed by atoms with Gasteiger partial charge in [0.15, 0.2) is 0 Å². The molecule has 0 radical (unpaired) electrons. The number of ether oxygens (including phenoxy) is 1. The number of hydrogen-bond donors (Lipinski definition) is 1. The first-order chi connectivity index (χ1) is 12.1. The van der Waals surface area contributed by atoms with Crippen molar-refractivity contribution in [1.29, 1.82) is 0 Å². The molecule has 0 spiro atoms. The fourth-order valence-electron chi connectivity index (χ4n) is 2.56. The molecule has 0 aliphatic carbocycles. The molecule has 2 aromatic heterocycles. The lowest BCUT2D eigenvalue weighted by molar-refractivity contribution is -0.120. The number of pyridine rings is 1. The maximum atomic E-state index is 12.2. The Kier molecular flexibility index (Phi) is 4.74. The van der Waals surface area contributed by atoms with Crippen molar-refractivity contribution >= 4 is 22.9 Å². The molecule has 2 heterocycles. The molecular weight excluding hydrogens is 320 g/mol. The van der Waals surface area contributed by atoms with Crippen molar-refractivity contribution in [2.45, 2.75) is 13.0 Å². The van der Waals surface area contributed by atoms with Crippen molar-refractivity contribution in [2.24, 2.45) is 7.05 Å². The SMILES string of the molecule is COC(=O)c1ccc2c(c1)nc(CC(=O)NCc1cccnc1)n2C. The van der Waals surface area contributed by atoms with Crippen LogP contribution in [0.2, 0.25) is 0 Å². The van der Waals surface area contributed by atoms with Crippen molar-refractivity contribution in [1.82, 2.24) is 19.9 Å². The molecule has 0 bridgehead atoms. The van der Waals surface area contributed by atoms with E-state index < -0.39 is 5.97 Å². The topological polar surface area (TPSA) is 86.1 Å². The van der Waals surface area contributed by atoms with E-state index in [1.54, 1.807) is 30.6 Å². The maximum Gasteiger partial charge on any atom is 0.337 e. The Morgan fingerprint density at radius 3 is 2.84 bits per heavy atom. The second-order valence-corrected chi connectivity index (χ2v) is 5.60. The molecule has 0 saturated carbocycles. The molecule has 0 aliphatic rings. The van der Waals surface area contributed by atoms with Gasteiger partial charge in [-0.05, 0) is 29.8 Å². The van der Waals surface area contributed by atoms with Gasteiger partial charge in [-0.2, -0.15) is 0 Å². The molecule has 3 aromatic rings. The average Bonchev–Trinajstić information content (AvgIpc) is 2.95. The van der Waals surface area contributed by atoms with Gasteiger partial charge in [0, 0.05) is 26.0 Å². The van der Waals surface area contributed by atoms with E-state index in [1.807, 2.05) is 23.7 Å². The van der Waals surface area contributed by atoms with Crippen molar-refractivity contribution in [3.8, 4) is 0 Å². The van der Waals surface area contributed by atoms with Crippen LogP contribution in [0.25, 0.3) is 11.0 Å². The third-order valence-electron chi connectivity index (χ3n) is 3.93. The van der Waals surface area contributed by atoms with Crippen LogP contribution in [0.3, 0.4) is 0 Å². The van der Waals surface area contributed by atoms with Gasteiger partial charge in [-0.3, -0.25) is 9.78 Å². The van der Waals surface area contributed by atoms with Crippen LogP contribution in [0.5, 0.6) is 0 Å². The number of carbonyl (C=O) groups excluding carboxylic acids is 2. The molecule has 3 rings (SSSR count). The van der Waals surface area contributed by atoms with Gasteiger partial charge in [-0.25, -0.2) is 9.78 Å². The fourth-order valence-corrected chi connectivity index (χ4v) is 2.56. The minimum Gasteiger partial charge on any atom is -0.465 e. The smallest absolute Gasteiger partial charge is 0.337 e. The molecule has 7 heteroatoms. The lowest BCUT2D eigenvalue weighted by atomic mass is 10.2. The number of amides is 1. The number of aromatic nitrogens is 3. The van der Waals surface area contributed by atoms with Gasteiger partial charge in [0.25, 0.3) is 0 Å². The van der Waals surface area contributed by atoms with E-state index in [1.165, 1.54) is 7.11 Å². The first kappa shape index (κ1) is 16.6. The van der Waals surface area contributed by atoms with Gasteiger partial charge >= 0.3 is 5.97 Å². The first-order valence-corrected chi connectivity index (χ1v) is 7.77. The van der Waals surface area contributed by atoms with Crippen molar-refractivity contribution in [3.05, 3.63) is 59.7 Å². The minimum atomic E-state index is -0.414. The third-order valence-corrected chi connectivity index (χ3v) is 3.93.